The number of ether oxygens (including phenoxy) is 1. The minimum atomic E-state index is -0.772. The van der Waals surface area contributed by atoms with E-state index in [1.807, 2.05) is 0 Å². The van der Waals surface area contributed by atoms with Gasteiger partial charge in [0, 0.05) is 25.0 Å². The van der Waals surface area contributed by atoms with Gasteiger partial charge in [-0.15, -0.1) is 0 Å². The number of aromatic nitrogens is 1. The molecule has 110 valence electrons. The van der Waals surface area contributed by atoms with E-state index in [4.69, 9.17) is 4.74 Å². The zero-order valence-corrected chi connectivity index (χ0v) is 11.4. The van der Waals surface area contributed by atoms with Crippen molar-refractivity contribution in [2.75, 3.05) is 24.8 Å². The third-order valence-corrected chi connectivity index (χ3v) is 2.78. The van der Waals surface area contributed by atoms with Crippen LogP contribution in [0.2, 0.25) is 0 Å². The first-order chi connectivity index (χ1) is 10.1. The van der Waals surface area contributed by atoms with E-state index in [0.29, 0.717) is 0 Å². The number of nitrogens with zero attached hydrogens (tertiary/aromatic N) is 1. The Bertz CT molecular complexity index is 677. The fourth-order valence-electron chi connectivity index (χ4n) is 1.74. The number of hydrogen-bond acceptors (Lipinski definition) is 4. The SMILES string of the molecule is CNc1nccc(C(=O)Nc2ccc(OC)c(F)c2)c1F. The first-order valence-electron chi connectivity index (χ1n) is 6.04. The van der Waals surface area contributed by atoms with Gasteiger partial charge in [-0.25, -0.2) is 13.8 Å². The Hall–Kier alpha value is -2.70. The zero-order chi connectivity index (χ0) is 15.4. The molecule has 1 heterocycles. The number of rotatable bonds is 4. The summed E-state index contributed by atoms with van der Waals surface area (Å²) >= 11 is 0. The third-order valence-electron chi connectivity index (χ3n) is 2.78. The minimum Gasteiger partial charge on any atom is -0.494 e. The Morgan fingerprint density at radius 3 is 2.67 bits per heavy atom. The maximum absolute atomic E-state index is 13.9. The molecular formula is C14H13F2N3O2. The van der Waals surface area contributed by atoms with Crippen molar-refractivity contribution in [3.8, 4) is 5.75 Å². The fourth-order valence-corrected chi connectivity index (χ4v) is 1.74. The van der Waals surface area contributed by atoms with Gasteiger partial charge in [-0.05, 0) is 18.2 Å². The minimum absolute atomic E-state index is 0.0384. The third kappa shape index (κ3) is 3.07. The van der Waals surface area contributed by atoms with E-state index >= 15 is 0 Å². The standard InChI is InChI=1S/C14H13F2N3O2/c1-17-13-12(16)9(5-6-18-13)14(20)19-8-3-4-11(21-2)10(15)7-8/h3-7H,1-2H3,(H,17,18)(H,19,20). The molecule has 2 N–H and O–H groups in total. The van der Waals surface area contributed by atoms with Gasteiger partial charge in [0.05, 0.1) is 12.7 Å². The van der Waals surface area contributed by atoms with E-state index in [1.165, 1.54) is 38.6 Å². The van der Waals surface area contributed by atoms with Gasteiger partial charge >= 0.3 is 0 Å². The van der Waals surface area contributed by atoms with Crippen LogP contribution >= 0.6 is 0 Å². The lowest BCUT2D eigenvalue weighted by atomic mass is 10.2. The number of carbonyl (C=O) groups excluding carboxylic acids is 1. The lowest BCUT2D eigenvalue weighted by Gasteiger charge is -2.09. The van der Waals surface area contributed by atoms with E-state index in [-0.39, 0.29) is 22.8 Å². The molecule has 0 aliphatic heterocycles. The van der Waals surface area contributed by atoms with Crippen LogP contribution in [0.1, 0.15) is 10.4 Å². The average Bonchev–Trinajstić information content (AvgIpc) is 2.47. The van der Waals surface area contributed by atoms with E-state index in [9.17, 15) is 13.6 Å². The molecule has 0 aliphatic carbocycles. The molecule has 1 amide bonds. The summed E-state index contributed by atoms with van der Waals surface area (Å²) in [5.74, 6) is -2.08. The highest BCUT2D eigenvalue weighted by Crippen LogP contribution is 2.22. The predicted octanol–water partition coefficient (Wildman–Crippen LogP) is 2.66. The first kappa shape index (κ1) is 14.7. The normalized spacial score (nSPS) is 10.1. The van der Waals surface area contributed by atoms with Crippen LogP contribution in [0.25, 0.3) is 0 Å². The van der Waals surface area contributed by atoms with Crippen molar-refractivity contribution < 1.29 is 18.3 Å². The molecule has 0 atom stereocenters. The monoisotopic (exact) mass is 293 g/mol. The molecule has 0 fully saturated rings. The number of pyridine rings is 1. The highest BCUT2D eigenvalue weighted by atomic mass is 19.1. The van der Waals surface area contributed by atoms with E-state index in [2.05, 4.69) is 15.6 Å². The van der Waals surface area contributed by atoms with Crippen LogP contribution in [0.5, 0.6) is 5.75 Å². The van der Waals surface area contributed by atoms with Crippen LogP contribution in [-0.2, 0) is 0 Å². The number of hydrogen-bond donors (Lipinski definition) is 2. The summed E-state index contributed by atoms with van der Waals surface area (Å²) in [5, 5.41) is 4.95. The van der Waals surface area contributed by atoms with Crippen LogP contribution in [0, 0.1) is 11.6 Å². The summed E-state index contributed by atoms with van der Waals surface area (Å²) in [6.45, 7) is 0. The van der Waals surface area contributed by atoms with Crippen LogP contribution < -0.4 is 15.4 Å². The molecule has 0 saturated carbocycles. The lowest BCUT2D eigenvalue weighted by molar-refractivity contribution is 0.102. The summed E-state index contributed by atoms with van der Waals surface area (Å²) in [7, 11) is 2.83. The van der Waals surface area contributed by atoms with Crippen molar-refractivity contribution >= 4 is 17.4 Å². The van der Waals surface area contributed by atoms with Gasteiger partial charge in [0.1, 0.15) is 0 Å². The number of methoxy groups -OCH3 is 1. The maximum atomic E-state index is 13.9. The Labute approximate surface area is 120 Å². The lowest BCUT2D eigenvalue weighted by Crippen LogP contribution is -2.15. The number of carbonyl (C=O) groups is 1. The van der Waals surface area contributed by atoms with Gasteiger partial charge in [-0.2, -0.15) is 0 Å². The topological polar surface area (TPSA) is 63.2 Å². The van der Waals surface area contributed by atoms with Gasteiger partial charge in [0.15, 0.2) is 23.2 Å². The molecule has 0 radical (unpaired) electrons. The molecule has 0 aliphatic rings. The van der Waals surface area contributed by atoms with E-state index in [0.717, 1.165) is 6.07 Å². The van der Waals surface area contributed by atoms with Gasteiger partial charge in [0.2, 0.25) is 0 Å². The van der Waals surface area contributed by atoms with Gasteiger partial charge in [-0.1, -0.05) is 0 Å². The Balaban J connectivity index is 2.24. The second kappa shape index (κ2) is 6.17. The summed E-state index contributed by atoms with van der Waals surface area (Å²) < 4.78 is 32.2. The summed E-state index contributed by atoms with van der Waals surface area (Å²) in [6.07, 6.45) is 1.30. The van der Waals surface area contributed by atoms with Crippen molar-refractivity contribution in [1.29, 1.82) is 0 Å². The molecule has 1 aromatic heterocycles. The molecule has 5 nitrogen and oxygen atoms in total. The Kier molecular flexibility index (Phi) is 4.32. The van der Waals surface area contributed by atoms with Crippen molar-refractivity contribution in [2.45, 2.75) is 0 Å². The molecule has 2 rings (SSSR count). The molecule has 2 aromatic rings. The summed E-state index contributed by atoms with van der Waals surface area (Å²) in [6, 6.07) is 5.16. The Morgan fingerprint density at radius 1 is 1.29 bits per heavy atom. The summed E-state index contributed by atoms with van der Waals surface area (Å²) in [4.78, 5) is 15.7. The Morgan fingerprint density at radius 2 is 2.05 bits per heavy atom. The van der Waals surface area contributed by atoms with Gasteiger partial charge < -0.3 is 15.4 Å². The predicted molar refractivity (Wildman–Crippen MR) is 74.6 cm³/mol. The molecule has 0 bridgehead atoms. The molecule has 7 heteroatoms. The second-order valence-corrected chi connectivity index (χ2v) is 4.07. The summed E-state index contributed by atoms with van der Waals surface area (Å²) in [5.41, 5.74) is 0.00564. The number of halogens is 2. The number of anilines is 2. The van der Waals surface area contributed by atoms with Crippen LogP contribution in [0.3, 0.4) is 0 Å². The van der Waals surface area contributed by atoms with Crippen LogP contribution in [-0.4, -0.2) is 25.0 Å². The van der Waals surface area contributed by atoms with Crippen molar-refractivity contribution in [3.63, 3.8) is 0 Å². The number of nitrogens with one attached hydrogen (secondary N) is 2. The van der Waals surface area contributed by atoms with Crippen LogP contribution in [0.15, 0.2) is 30.5 Å². The first-order valence-corrected chi connectivity index (χ1v) is 6.04. The highest BCUT2D eigenvalue weighted by molar-refractivity contribution is 6.04. The molecule has 0 spiro atoms. The van der Waals surface area contributed by atoms with E-state index < -0.39 is 17.5 Å². The highest BCUT2D eigenvalue weighted by Gasteiger charge is 2.16. The molecule has 1 aromatic carbocycles. The maximum Gasteiger partial charge on any atom is 0.258 e. The number of benzene rings is 1. The van der Waals surface area contributed by atoms with Crippen molar-refractivity contribution in [2.24, 2.45) is 0 Å². The van der Waals surface area contributed by atoms with Crippen LogP contribution in [0.4, 0.5) is 20.3 Å². The largest absolute Gasteiger partial charge is 0.494 e. The fraction of sp³-hybridized carbons (Fsp3) is 0.143. The second-order valence-electron chi connectivity index (χ2n) is 4.07. The quantitative estimate of drug-likeness (QED) is 0.909. The number of amides is 1. The van der Waals surface area contributed by atoms with Gasteiger partial charge in [0.25, 0.3) is 5.91 Å². The van der Waals surface area contributed by atoms with Gasteiger partial charge in [-0.3, -0.25) is 4.79 Å². The molecule has 21 heavy (non-hydrogen) atoms. The molecular weight excluding hydrogens is 280 g/mol. The molecule has 0 unspecified atom stereocenters. The average molecular weight is 293 g/mol. The molecule has 0 saturated heterocycles. The smallest absolute Gasteiger partial charge is 0.258 e. The van der Waals surface area contributed by atoms with E-state index in [1.54, 1.807) is 0 Å². The zero-order valence-electron chi connectivity index (χ0n) is 11.4. The van der Waals surface area contributed by atoms with Crippen molar-refractivity contribution in [3.05, 3.63) is 47.7 Å². The van der Waals surface area contributed by atoms with Crippen molar-refractivity contribution in [1.82, 2.24) is 4.98 Å².